The monoisotopic (exact) mass is 279 g/mol. The SMILES string of the molecule is CCCc1nc(NC)c(C)c(NCCC(=O)N(C)C)n1. The first kappa shape index (κ1) is 16.2. The van der Waals surface area contributed by atoms with E-state index in [9.17, 15) is 4.79 Å². The first-order chi connectivity index (χ1) is 9.49. The average Bonchev–Trinajstić information content (AvgIpc) is 2.41. The van der Waals surface area contributed by atoms with Crippen molar-refractivity contribution in [1.82, 2.24) is 14.9 Å². The predicted molar refractivity (Wildman–Crippen MR) is 82.1 cm³/mol. The van der Waals surface area contributed by atoms with Gasteiger partial charge in [-0.05, 0) is 13.3 Å². The van der Waals surface area contributed by atoms with Crippen molar-refractivity contribution in [1.29, 1.82) is 0 Å². The molecule has 1 aromatic heterocycles. The van der Waals surface area contributed by atoms with E-state index < -0.39 is 0 Å². The molecule has 0 aromatic carbocycles. The summed E-state index contributed by atoms with van der Waals surface area (Å²) in [4.78, 5) is 22.1. The van der Waals surface area contributed by atoms with Crippen molar-refractivity contribution in [2.24, 2.45) is 0 Å². The van der Waals surface area contributed by atoms with Crippen LogP contribution in [-0.2, 0) is 11.2 Å². The lowest BCUT2D eigenvalue weighted by molar-refractivity contribution is -0.128. The summed E-state index contributed by atoms with van der Waals surface area (Å²) in [6.45, 7) is 4.65. The maximum absolute atomic E-state index is 11.6. The van der Waals surface area contributed by atoms with Gasteiger partial charge < -0.3 is 15.5 Å². The highest BCUT2D eigenvalue weighted by Gasteiger charge is 2.10. The summed E-state index contributed by atoms with van der Waals surface area (Å²) in [5.41, 5.74) is 0.977. The third-order valence-electron chi connectivity index (χ3n) is 3.03. The van der Waals surface area contributed by atoms with Gasteiger partial charge in [-0.15, -0.1) is 0 Å². The molecule has 0 atom stereocenters. The third kappa shape index (κ3) is 4.36. The zero-order valence-corrected chi connectivity index (χ0v) is 13.1. The molecule has 1 heterocycles. The van der Waals surface area contributed by atoms with Crippen LogP contribution in [0.2, 0.25) is 0 Å². The quantitative estimate of drug-likeness (QED) is 0.794. The highest BCUT2D eigenvalue weighted by atomic mass is 16.2. The van der Waals surface area contributed by atoms with Gasteiger partial charge in [0.15, 0.2) is 0 Å². The summed E-state index contributed by atoms with van der Waals surface area (Å²) in [6.07, 6.45) is 2.31. The lowest BCUT2D eigenvalue weighted by Gasteiger charge is -2.14. The molecule has 0 fully saturated rings. The molecule has 0 bridgehead atoms. The Morgan fingerprint density at radius 1 is 1.25 bits per heavy atom. The van der Waals surface area contributed by atoms with Crippen LogP contribution in [0.15, 0.2) is 0 Å². The van der Waals surface area contributed by atoms with Crippen LogP contribution in [-0.4, -0.2) is 48.5 Å². The Bertz CT molecular complexity index is 459. The Hall–Kier alpha value is -1.85. The van der Waals surface area contributed by atoms with Gasteiger partial charge in [0.05, 0.1) is 0 Å². The molecular weight excluding hydrogens is 254 g/mol. The minimum Gasteiger partial charge on any atom is -0.373 e. The fourth-order valence-corrected chi connectivity index (χ4v) is 1.83. The number of nitrogens with zero attached hydrogens (tertiary/aromatic N) is 3. The van der Waals surface area contributed by atoms with Gasteiger partial charge in [-0.3, -0.25) is 4.79 Å². The smallest absolute Gasteiger partial charge is 0.223 e. The van der Waals surface area contributed by atoms with E-state index in [4.69, 9.17) is 0 Å². The van der Waals surface area contributed by atoms with E-state index in [1.807, 2.05) is 14.0 Å². The highest BCUT2D eigenvalue weighted by Crippen LogP contribution is 2.20. The molecule has 0 spiro atoms. The minimum absolute atomic E-state index is 0.104. The molecule has 0 radical (unpaired) electrons. The van der Waals surface area contributed by atoms with Gasteiger partial charge in [-0.25, -0.2) is 9.97 Å². The number of hydrogen-bond donors (Lipinski definition) is 2. The van der Waals surface area contributed by atoms with E-state index in [2.05, 4.69) is 27.5 Å². The van der Waals surface area contributed by atoms with Crippen molar-refractivity contribution in [3.63, 3.8) is 0 Å². The molecule has 6 heteroatoms. The summed E-state index contributed by atoms with van der Waals surface area (Å²) < 4.78 is 0. The van der Waals surface area contributed by atoms with Crippen molar-refractivity contribution < 1.29 is 4.79 Å². The summed E-state index contributed by atoms with van der Waals surface area (Å²) in [7, 11) is 5.37. The van der Waals surface area contributed by atoms with E-state index in [0.29, 0.717) is 13.0 Å². The van der Waals surface area contributed by atoms with Crippen LogP contribution in [0, 0.1) is 6.92 Å². The van der Waals surface area contributed by atoms with Crippen molar-refractivity contribution in [2.75, 3.05) is 38.3 Å². The summed E-state index contributed by atoms with van der Waals surface area (Å²) in [5.74, 6) is 2.57. The number of rotatable bonds is 7. The highest BCUT2D eigenvalue weighted by molar-refractivity contribution is 5.76. The largest absolute Gasteiger partial charge is 0.373 e. The van der Waals surface area contributed by atoms with Gasteiger partial charge in [0, 0.05) is 46.1 Å². The first-order valence-electron chi connectivity index (χ1n) is 6.98. The van der Waals surface area contributed by atoms with Crippen LogP contribution in [0.5, 0.6) is 0 Å². The topological polar surface area (TPSA) is 70.2 Å². The second-order valence-corrected chi connectivity index (χ2v) is 4.93. The number of carbonyl (C=O) groups excluding carboxylic acids is 1. The van der Waals surface area contributed by atoms with Crippen molar-refractivity contribution >= 4 is 17.5 Å². The molecule has 6 nitrogen and oxygen atoms in total. The summed E-state index contributed by atoms with van der Waals surface area (Å²) >= 11 is 0. The van der Waals surface area contributed by atoms with Crippen LogP contribution in [0.4, 0.5) is 11.6 Å². The number of hydrogen-bond acceptors (Lipinski definition) is 5. The maximum Gasteiger partial charge on any atom is 0.223 e. The summed E-state index contributed by atoms with van der Waals surface area (Å²) in [6, 6.07) is 0. The van der Waals surface area contributed by atoms with Gasteiger partial charge in [-0.2, -0.15) is 0 Å². The molecule has 112 valence electrons. The normalized spacial score (nSPS) is 10.2. The van der Waals surface area contributed by atoms with E-state index in [1.54, 1.807) is 19.0 Å². The Labute approximate surface area is 121 Å². The van der Waals surface area contributed by atoms with Crippen LogP contribution >= 0.6 is 0 Å². The van der Waals surface area contributed by atoms with Crippen LogP contribution < -0.4 is 10.6 Å². The molecule has 20 heavy (non-hydrogen) atoms. The second-order valence-electron chi connectivity index (χ2n) is 4.93. The van der Waals surface area contributed by atoms with Crippen molar-refractivity contribution in [2.45, 2.75) is 33.1 Å². The number of aromatic nitrogens is 2. The number of amides is 1. The number of aryl methyl sites for hydroxylation is 1. The summed E-state index contributed by atoms with van der Waals surface area (Å²) in [5, 5.41) is 6.32. The number of nitrogens with one attached hydrogen (secondary N) is 2. The van der Waals surface area contributed by atoms with Gasteiger partial charge >= 0.3 is 0 Å². The van der Waals surface area contributed by atoms with Crippen LogP contribution in [0.3, 0.4) is 0 Å². The molecular formula is C14H25N5O. The predicted octanol–water partition coefficient (Wildman–Crippen LogP) is 1.67. The molecule has 0 aliphatic carbocycles. The molecule has 1 rings (SSSR count). The van der Waals surface area contributed by atoms with E-state index in [1.165, 1.54) is 0 Å². The Balaban J connectivity index is 2.77. The van der Waals surface area contributed by atoms with Crippen LogP contribution in [0.25, 0.3) is 0 Å². The van der Waals surface area contributed by atoms with E-state index in [-0.39, 0.29) is 5.91 Å². The lowest BCUT2D eigenvalue weighted by atomic mass is 10.2. The molecule has 0 unspecified atom stereocenters. The fourth-order valence-electron chi connectivity index (χ4n) is 1.83. The van der Waals surface area contributed by atoms with E-state index in [0.717, 1.165) is 35.9 Å². The van der Waals surface area contributed by atoms with E-state index >= 15 is 0 Å². The molecule has 2 N–H and O–H groups in total. The molecule has 1 amide bonds. The average molecular weight is 279 g/mol. The van der Waals surface area contributed by atoms with Crippen LogP contribution in [0.1, 0.15) is 31.2 Å². The Morgan fingerprint density at radius 3 is 2.45 bits per heavy atom. The van der Waals surface area contributed by atoms with Crippen molar-refractivity contribution in [3.8, 4) is 0 Å². The van der Waals surface area contributed by atoms with Gasteiger partial charge in [0.2, 0.25) is 5.91 Å². The first-order valence-corrected chi connectivity index (χ1v) is 6.98. The number of carbonyl (C=O) groups is 1. The zero-order chi connectivity index (χ0) is 15.1. The molecule has 1 aromatic rings. The molecule has 0 aliphatic heterocycles. The number of anilines is 2. The minimum atomic E-state index is 0.104. The Morgan fingerprint density at radius 2 is 1.90 bits per heavy atom. The standard InChI is InChI=1S/C14H25N5O/c1-6-7-11-17-13(15-3)10(2)14(18-11)16-9-8-12(20)19(4)5/h6-9H2,1-5H3,(H2,15,16,17,18). The third-order valence-corrected chi connectivity index (χ3v) is 3.03. The Kier molecular flexibility index (Phi) is 6.21. The second kappa shape index (κ2) is 7.67. The van der Waals surface area contributed by atoms with Gasteiger partial charge in [0.25, 0.3) is 0 Å². The zero-order valence-electron chi connectivity index (χ0n) is 13.1. The van der Waals surface area contributed by atoms with Gasteiger partial charge in [0.1, 0.15) is 17.5 Å². The molecule has 0 aliphatic rings. The lowest BCUT2D eigenvalue weighted by Crippen LogP contribution is -2.24. The van der Waals surface area contributed by atoms with Gasteiger partial charge in [-0.1, -0.05) is 6.92 Å². The van der Waals surface area contributed by atoms with Crippen molar-refractivity contribution in [3.05, 3.63) is 11.4 Å². The fraction of sp³-hybridized carbons (Fsp3) is 0.643. The molecule has 0 saturated heterocycles. The molecule has 0 saturated carbocycles. The maximum atomic E-state index is 11.6.